The zero-order chi connectivity index (χ0) is 14.4. The van der Waals surface area contributed by atoms with Crippen LogP contribution in [0.1, 0.15) is 19.4 Å². The Hall–Kier alpha value is -1.52. The van der Waals surface area contributed by atoms with Gasteiger partial charge in [-0.3, -0.25) is 4.79 Å². The Bertz CT molecular complexity index is 527. The van der Waals surface area contributed by atoms with Crippen LogP contribution >= 0.6 is 23.2 Å². The van der Waals surface area contributed by atoms with Crippen LogP contribution in [0, 0.1) is 0 Å². The first-order chi connectivity index (χ1) is 8.93. The minimum absolute atomic E-state index is 0.0265. The van der Waals surface area contributed by atoms with E-state index in [9.17, 15) is 9.59 Å². The van der Waals surface area contributed by atoms with E-state index in [1.807, 2.05) is 0 Å². The van der Waals surface area contributed by atoms with E-state index < -0.39 is 5.97 Å². The largest absolute Gasteiger partial charge is 0.461 e. The number of carbonyl (C=O) groups excluding carboxylic acids is 2. The third kappa shape index (κ3) is 4.93. The van der Waals surface area contributed by atoms with Crippen molar-refractivity contribution < 1.29 is 14.3 Å². The maximum Gasteiger partial charge on any atom is 0.354 e. The summed E-state index contributed by atoms with van der Waals surface area (Å²) in [4.78, 5) is 22.8. The first-order valence-electron chi connectivity index (χ1n) is 5.55. The second-order valence-corrected chi connectivity index (χ2v) is 4.47. The SMILES string of the molecule is CCOC(=O)/C(=C/c1ccc(Cl)cc1Cl)NC(C)=O. The van der Waals surface area contributed by atoms with Crippen LogP contribution in [-0.2, 0) is 14.3 Å². The number of nitrogens with one attached hydrogen (secondary N) is 1. The summed E-state index contributed by atoms with van der Waals surface area (Å²) in [5, 5.41) is 3.27. The van der Waals surface area contributed by atoms with Crippen molar-refractivity contribution in [2.75, 3.05) is 6.61 Å². The van der Waals surface area contributed by atoms with Crippen LogP contribution in [0.2, 0.25) is 10.0 Å². The van der Waals surface area contributed by atoms with Gasteiger partial charge in [0, 0.05) is 17.0 Å². The van der Waals surface area contributed by atoms with Crippen molar-refractivity contribution in [1.29, 1.82) is 0 Å². The summed E-state index contributed by atoms with van der Waals surface area (Å²) in [5.74, 6) is -0.992. The predicted molar refractivity (Wildman–Crippen MR) is 74.9 cm³/mol. The van der Waals surface area contributed by atoms with Gasteiger partial charge in [-0.15, -0.1) is 0 Å². The van der Waals surface area contributed by atoms with Crippen molar-refractivity contribution in [3.8, 4) is 0 Å². The van der Waals surface area contributed by atoms with Gasteiger partial charge in [0.15, 0.2) is 0 Å². The Morgan fingerprint density at radius 1 is 1.37 bits per heavy atom. The molecule has 0 spiro atoms. The molecule has 1 aromatic carbocycles. The summed E-state index contributed by atoms with van der Waals surface area (Å²) in [6.07, 6.45) is 1.44. The van der Waals surface area contributed by atoms with Crippen molar-refractivity contribution in [2.45, 2.75) is 13.8 Å². The summed E-state index contributed by atoms with van der Waals surface area (Å²) >= 11 is 11.8. The molecule has 0 aromatic heterocycles. The number of halogens is 2. The Balaban J connectivity index is 3.11. The third-order valence-corrected chi connectivity index (χ3v) is 2.63. The average molecular weight is 302 g/mol. The fourth-order valence-electron chi connectivity index (χ4n) is 1.32. The van der Waals surface area contributed by atoms with E-state index in [1.54, 1.807) is 25.1 Å². The van der Waals surface area contributed by atoms with Gasteiger partial charge in [0.05, 0.1) is 6.61 Å². The molecular weight excluding hydrogens is 289 g/mol. The van der Waals surface area contributed by atoms with Crippen LogP contribution in [0.4, 0.5) is 0 Å². The zero-order valence-corrected chi connectivity index (χ0v) is 12.0. The van der Waals surface area contributed by atoms with Crippen molar-refractivity contribution in [1.82, 2.24) is 5.32 Å². The number of hydrogen-bond donors (Lipinski definition) is 1. The normalized spacial score (nSPS) is 11.1. The van der Waals surface area contributed by atoms with Gasteiger partial charge in [0.1, 0.15) is 5.70 Å². The molecular formula is C13H13Cl2NO3. The summed E-state index contributed by atoms with van der Waals surface area (Å²) in [6.45, 7) is 3.19. The van der Waals surface area contributed by atoms with Gasteiger partial charge in [-0.2, -0.15) is 0 Å². The molecule has 0 atom stereocenters. The molecule has 19 heavy (non-hydrogen) atoms. The highest BCUT2D eigenvalue weighted by Gasteiger charge is 2.13. The number of esters is 1. The van der Waals surface area contributed by atoms with E-state index in [1.165, 1.54) is 13.0 Å². The van der Waals surface area contributed by atoms with Crippen LogP contribution in [-0.4, -0.2) is 18.5 Å². The summed E-state index contributed by atoms with van der Waals surface area (Å²) in [6, 6.07) is 4.83. The quantitative estimate of drug-likeness (QED) is 0.687. The standard InChI is InChI=1S/C13H13Cl2NO3/c1-3-19-13(18)12(16-8(2)17)6-9-4-5-10(14)7-11(9)15/h4-7H,3H2,1-2H3,(H,16,17)/b12-6-. The van der Waals surface area contributed by atoms with Gasteiger partial charge >= 0.3 is 5.97 Å². The first-order valence-corrected chi connectivity index (χ1v) is 6.31. The highest BCUT2D eigenvalue weighted by atomic mass is 35.5. The highest BCUT2D eigenvalue weighted by molar-refractivity contribution is 6.35. The molecule has 6 heteroatoms. The summed E-state index contributed by atoms with van der Waals surface area (Å²) in [7, 11) is 0. The topological polar surface area (TPSA) is 55.4 Å². The minimum Gasteiger partial charge on any atom is -0.461 e. The molecule has 0 bridgehead atoms. The van der Waals surface area contributed by atoms with Gasteiger partial charge in [-0.05, 0) is 30.7 Å². The molecule has 1 aromatic rings. The van der Waals surface area contributed by atoms with Crippen molar-refractivity contribution in [2.24, 2.45) is 0 Å². The number of amides is 1. The zero-order valence-electron chi connectivity index (χ0n) is 10.5. The van der Waals surface area contributed by atoms with Crippen LogP contribution in [0.25, 0.3) is 6.08 Å². The monoisotopic (exact) mass is 301 g/mol. The molecule has 0 aliphatic heterocycles. The number of hydrogen-bond acceptors (Lipinski definition) is 3. The van der Waals surface area contributed by atoms with E-state index in [0.717, 1.165) is 0 Å². The Morgan fingerprint density at radius 2 is 2.05 bits per heavy atom. The molecule has 0 aliphatic rings. The molecule has 0 saturated carbocycles. The average Bonchev–Trinajstić information content (AvgIpc) is 2.31. The molecule has 4 nitrogen and oxygen atoms in total. The molecule has 1 rings (SSSR count). The fourth-order valence-corrected chi connectivity index (χ4v) is 1.78. The molecule has 0 aliphatic carbocycles. The van der Waals surface area contributed by atoms with E-state index in [-0.39, 0.29) is 18.2 Å². The molecule has 1 N–H and O–H groups in total. The van der Waals surface area contributed by atoms with Crippen molar-refractivity contribution >= 4 is 41.2 Å². The highest BCUT2D eigenvalue weighted by Crippen LogP contribution is 2.23. The number of rotatable bonds is 4. The lowest BCUT2D eigenvalue weighted by Crippen LogP contribution is -2.26. The predicted octanol–water partition coefficient (Wildman–Crippen LogP) is 3.03. The molecule has 102 valence electrons. The van der Waals surface area contributed by atoms with Gasteiger partial charge in [0.25, 0.3) is 0 Å². The molecule has 0 radical (unpaired) electrons. The maximum absolute atomic E-state index is 11.7. The summed E-state index contributed by atoms with van der Waals surface area (Å²) < 4.78 is 4.85. The van der Waals surface area contributed by atoms with Crippen molar-refractivity contribution in [3.63, 3.8) is 0 Å². The number of benzene rings is 1. The Morgan fingerprint density at radius 3 is 2.58 bits per heavy atom. The van der Waals surface area contributed by atoms with Crippen LogP contribution < -0.4 is 5.32 Å². The van der Waals surface area contributed by atoms with Crippen molar-refractivity contribution in [3.05, 3.63) is 39.5 Å². The van der Waals surface area contributed by atoms with Crippen LogP contribution in [0.15, 0.2) is 23.9 Å². The molecule has 1 amide bonds. The van der Waals surface area contributed by atoms with E-state index >= 15 is 0 Å². The number of ether oxygens (including phenoxy) is 1. The van der Waals surface area contributed by atoms with Crippen LogP contribution in [0.3, 0.4) is 0 Å². The van der Waals surface area contributed by atoms with Gasteiger partial charge in [-0.1, -0.05) is 29.3 Å². The van der Waals surface area contributed by atoms with Gasteiger partial charge in [0.2, 0.25) is 5.91 Å². The number of carbonyl (C=O) groups is 2. The van der Waals surface area contributed by atoms with E-state index in [0.29, 0.717) is 15.6 Å². The smallest absolute Gasteiger partial charge is 0.354 e. The second-order valence-electron chi connectivity index (χ2n) is 3.63. The minimum atomic E-state index is -0.622. The third-order valence-electron chi connectivity index (χ3n) is 2.07. The van der Waals surface area contributed by atoms with Gasteiger partial charge in [-0.25, -0.2) is 4.79 Å². The second kappa shape index (κ2) is 7.16. The van der Waals surface area contributed by atoms with E-state index in [2.05, 4.69) is 5.32 Å². The fraction of sp³-hybridized carbons (Fsp3) is 0.231. The Kier molecular flexibility index (Phi) is 5.86. The molecule has 0 saturated heterocycles. The maximum atomic E-state index is 11.7. The molecule has 0 heterocycles. The van der Waals surface area contributed by atoms with E-state index in [4.69, 9.17) is 27.9 Å². The Labute approximate surface area is 121 Å². The summed E-state index contributed by atoms with van der Waals surface area (Å²) in [5.41, 5.74) is 0.585. The van der Waals surface area contributed by atoms with Gasteiger partial charge < -0.3 is 10.1 Å². The lowest BCUT2D eigenvalue weighted by Gasteiger charge is -2.08. The lowest BCUT2D eigenvalue weighted by molar-refractivity contribution is -0.139. The lowest BCUT2D eigenvalue weighted by atomic mass is 10.2. The first kappa shape index (κ1) is 15.5. The molecule has 0 fully saturated rings. The molecule has 0 unspecified atom stereocenters. The van der Waals surface area contributed by atoms with Crippen LogP contribution in [0.5, 0.6) is 0 Å².